The highest BCUT2D eigenvalue weighted by Crippen LogP contribution is 2.17. The van der Waals surface area contributed by atoms with Crippen molar-refractivity contribution >= 4 is 11.9 Å². The zero-order valence-corrected chi connectivity index (χ0v) is 40.7. The van der Waals surface area contributed by atoms with Gasteiger partial charge in [-0.3, -0.25) is 9.59 Å². The minimum Gasteiger partial charge on any atom is -0.462 e. The van der Waals surface area contributed by atoms with Gasteiger partial charge in [-0.25, -0.2) is 0 Å². The van der Waals surface area contributed by atoms with Crippen molar-refractivity contribution in [2.24, 2.45) is 0 Å². The Morgan fingerprint density at radius 2 is 0.823 bits per heavy atom. The number of nitrogens with one attached hydrogen (secondary N) is 1. The minimum absolute atomic E-state index is 0.0400. The largest absolute Gasteiger partial charge is 0.462 e. The Balaban J connectivity index is 4.70. The number of amides is 1. The fraction of sp³-hybridized carbons (Fsp3) is 0.750. The number of aliphatic hydroxyl groups excluding tert-OH is 2. The summed E-state index contributed by atoms with van der Waals surface area (Å²) in [5.74, 6) is -0.538. The molecule has 0 heterocycles. The van der Waals surface area contributed by atoms with Gasteiger partial charge in [0.15, 0.2) is 0 Å². The summed E-state index contributed by atoms with van der Waals surface area (Å²) >= 11 is 0. The van der Waals surface area contributed by atoms with E-state index in [1.54, 1.807) is 0 Å². The normalized spacial score (nSPS) is 13.8. The molecule has 0 aliphatic heterocycles. The molecular weight excluding hydrogens is 767 g/mol. The van der Waals surface area contributed by atoms with E-state index in [9.17, 15) is 19.8 Å². The van der Waals surface area contributed by atoms with Gasteiger partial charge in [0.05, 0.1) is 25.2 Å². The standard InChI is InChI=1S/C56H99NO5/c1-4-7-10-13-16-19-22-24-26-27-29-31-34-37-40-43-46-49-56(61)62-52(47-44-41-38-35-33-30-28-25-23-20-17-14-11-8-5-2)50-55(60)57-53(51-58)54(59)48-45-42-39-36-32-21-18-15-12-9-6-3/h16-17,19-20,24-26,28-29,31,33,35,52-54,58-59H,4-15,18,21-23,27,30,32,34,36-51H2,1-3H3,(H,57,60)/b19-16-,20-17-,26-24-,28-25-,31-29-,35-33-. The summed E-state index contributed by atoms with van der Waals surface area (Å²) < 4.78 is 5.91. The van der Waals surface area contributed by atoms with E-state index in [2.05, 4.69) is 99.0 Å². The van der Waals surface area contributed by atoms with E-state index in [1.165, 1.54) is 103 Å². The highest BCUT2D eigenvalue weighted by molar-refractivity contribution is 5.77. The van der Waals surface area contributed by atoms with Crippen molar-refractivity contribution in [3.05, 3.63) is 72.9 Å². The summed E-state index contributed by atoms with van der Waals surface area (Å²) in [4.78, 5) is 26.1. The molecule has 0 aromatic heterocycles. The minimum atomic E-state index is -0.804. The Morgan fingerprint density at radius 1 is 0.468 bits per heavy atom. The number of hydrogen-bond donors (Lipinski definition) is 3. The van der Waals surface area contributed by atoms with Crippen LogP contribution >= 0.6 is 0 Å². The number of ether oxygens (including phenoxy) is 1. The second-order valence-electron chi connectivity index (χ2n) is 17.6. The van der Waals surface area contributed by atoms with Crippen LogP contribution < -0.4 is 5.32 Å². The van der Waals surface area contributed by atoms with E-state index in [4.69, 9.17) is 4.74 Å². The molecule has 0 aliphatic carbocycles. The lowest BCUT2D eigenvalue weighted by Gasteiger charge is -2.24. The van der Waals surface area contributed by atoms with Crippen LogP contribution in [0.4, 0.5) is 0 Å². The first-order valence-electron chi connectivity index (χ1n) is 26.2. The molecule has 0 spiro atoms. The topological polar surface area (TPSA) is 95.9 Å². The van der Waals surface area contributed by atoms with Gasteiger partial charge in [0.25, 0.3) is 0 Å². The van der Waals surface area contributed by atoms with Crippen LogP contribution in [0.5, 0.6) is 0 Å². The molecule has 0 saturated heterocycles. The van der Waals surface area contributed by atoms with Crippen molar-refractivity contribution in [2.75, 3.05) is 6.61 Å². The third kappa shape index (κ3) is 43.9. The van der Waals surface area contributed by atoms with Gasteiger partial charge in [0.2, 0.25) is 5.91 Å². The summed E-state index contributed by atoms with van der Waals surface area (Å²) in [5, 5.41) is 23.7. The zero-order chi connectivity index (χ0) is 45.2. The molecule has 62 heavy (non-hydrogen) atoms. The second kappa shape index (κ2) is 49.3. The summed E-state index contributed by atoms with van der Waals surface area (Å²) in [6.45, 7) is 6.40. The maximum atomic E-state index is 13.2. The van der Waals surface area contributed by atoms with Crippen molar-refractivity contribution in [3.8, 4) is 0 Å². The molecule has 0 aromatic carbocycles. The van der Waals surface area contributed by atoms with Crippen LogP contribution in [-0.2, 0) is 14.3 Å². The number of aliphatic hydroxyl groups is 2. The van der Waals surface area contributed by atoms with Crippen molar-refractivity contribution in [1.29, 1.82) is 0 Å². The van der Waals surface area contributed by atoms with Gasteiger partial charge in [-0.1, -0.05) is 203 Å². The molecular formula is C56H99NO5. The molecule has 3 unspecified atom stereocenters. The first kappa shape index (κ1) is 59.3. The number of hydrogen-bond acceptors (Lipinski definition) is 5. The Kier molecular flexibility index (Phi) is 47.2. The van der Waals surface area contributed by atoms with E-state index in [0.29, 0.717) is 19.3 Å². The Hall–Kier alpha value is -2.70. The lowest BCUT2D eigenvalue weighted by molar-refractivity contribution is -0.151. The summed E-state index contributed by atoms with van der Waals surface area (Å²) in [6, 6.07) is -0.721. The van der Waals surface area contributed by atoms with E-state index >= 15 is 0 Å². The first-order valence-corrected chi connectivity index (χ1v) is 26.2. The number of esters is 1. The Labute approximate surface area is 383 Å². The molecule has 0 bridgehead atoms. The van der Waals surface area contributed by atoms with Crippen molar-refractivity contribution in [2.45, 2.75) is 264 Å². The molecule has 0 aliphatic rings. The van der Waals surface area contributed by atoms with Crippen LogP contribution in [0.2, 0.25) is 0 Å². The van der Waals surface area contributed by atoms with Crippen molar-refractivity contribution < 1.29 is 24.5 Å². The predicted octanol–water partition coefficient (Wildman–Crippen LogP) is 15.8. The summed E-state index contributed by atoms with van der Waals surface area (Å²) in [6.07, 6.45) is 62.4. The van der Waals surface area contributed by atoms with Gasteiger partial charge in [-0.15, -0.1) is 0 Å². The maximum absolute atomic E-state index is 13.2. The summed E-state index contributed by atoms with van der Waals surface area (Å²) in [5.41, 5.74) is 0. The van der Waals surface area contributed by atoms with E-state index in [1.807, 2.05) is 0 Å². The smallest absolute Gasteiger partial charge is 0.306 e. The lowest BCUT2D eigenvalue weighted by Crippen LogP contribution is -2.46. The Bertz CT molecular complexity index is 1150. The monoisotopic (exact) mass is 866 g/mol. The van der Waals surface area contributed by atoms with Gasteiger partial charge < -0.3 is 20.3 Å². The van der Waals surface area contributed by atoms with Crippen LogP contribution in [0.3, 0.4) is 0 Å². The maximum Gasteiger partial charge on any atom is 0.306 e. The van der Waals surface area contributed by atoms with Crippen molar-refractivity contribution in [1.82, 2.24) is 5.32 Å². The van der Waals surface area contributed by atoms with Gasteiger partial charge in [0.1, 0.15) is 6.10 Å². The third-order valence-electron chi connectivity index (χ3n) is 11.5. The van der Waals surface area contributed by atoms with E-state index in [-0.39, 0.29) is 24.9 Å². The van der Waals surface area contributed by atoms with Crippen LogP contribution in [0.25, 0.3) is 0 Å². The molecule has 358 valence electrons. The molecule has 1 amide bonds. The van der Waals surface area contributed by atoms with Gasteiger partial charge in [0, 0.05) is 6.42 Å². The zero-order valence-electron chi connectivity index (χ0n) is 40.7. The number of allylic oxidation sites excluding steroid dienone is 12. The van der Waals surface area contributed by atoms with Gasteiger partial charge >= 0.3 is 5.97 Å². The number of unbranched alkanes of at least 4 members (excludes halogenated alkanes) is 22. The average molecular weight is 866 g/mol. The molecule has 0 fully saturated rings. The van der Waals surface area contributed by atoms with Crippen molar-refractivity contribution in [3.63, 3.8) is 0 Å². The molecule has 0 aromatic rings. The highest BCUT2D eigenvalue weighted by atomic mass is 16.5. The van der Waals surface area contributed by atoms with E-state index < -0.39 is 18.2 Å². The molecule has 0 saturated carbocycles. The molecule has 0 radical (unpaired) electrons. The number of rotatable bonds is 46. The second-order valence-corrected chi connectivity index (χ2v) is 17.6. The van der Waals surface area contributed by atoms with Crippen LogP contribution in [0.15, 0.2) is 72.9 Å². The first-order chi connectivity index (χ1) is 30.5. The average Bonchev–Trinajstić information content (AvgIpc) is 3.26. The van der Waals surface area contributed by atoms with E-state index in [0.717, 1.165) is 96.3 Å². The van der Waals surface area contributed by atoms with Crippen LogP contribution in [-0.4, -0.2) is 46.9 Å². The molecule has 3 atom stereocenters. The molecule has 3 N–H and O–H groups in total. The third-order valence-corrected chi connectivity index (χ3v) is 11.5. The molecule has 0 rings (SSSR count). The number of carbonyl (C=O) groups excluding carboxylic acids is 2. The highest BCUT2D eigenvalue weighted by Gasteiger charge is 2.24. The molecule has 6 nitrogen and oxygen atoms in total. The van der Waals surface area contributed by atoms with Gasteiger partial charge in [-0.2, -0.15) is 0 Å². The quantitative estimate of drug-likeness (QED) is 0.0322. The van der Waals surface area contributed by atoms with Crippen LogP contribution in [0, 0.1) is 0 Å². The fourth-order valence-corrected chi connectivity index (χ4v) is 7.50. The van der Waals surface area contributed by atoms with Crippen LogP contribution in [0.1, 0.15) is 245 Å². The Morgan fingerprint density at radius 3 is 1.29 bits per heavy atom. The van der Waals surface area contributed by atoms with Gasteiger partial charge in [-0.05, 0) is 103 Å². The fourth-order valence-electron chi connectivity index (χ4n) is 7.50. The summed E-state index contributed by atoms with van der Waals surface area (Å²) in [7, 11) is 0. The number of carbonyl (C=O) groups is 2. The predicted molar refractivity (Wildman–Crippen MR) is 268 cm³/mol. The lowest BCUT2D eigenvalue weighted by atomic mass is 10.0. The molecule has 6 heteroatoms. The SMILES string of the molecule is CCCCC/C=C\C/C=C\C/C=C\CCCCCCC(=O)OC(CCCC/C=C\C/C=C\C/C=C\CCCCC)CC(=O)NC(CO)C(O)CCCCCCCCCCCCC.